The van der Waals surface area contributed by atoms with Gasteiger partial charge in [-0.25, -0.2) is 4.98 Å². The highest BCUT2D eigenvalue weighted by Gasteiger charge is 2.38. The molecule has 0 spiro atoms. The van der Waals surface area contributed by atoms with Gasteiger partial charge in [0.2, 0.25) is 0 Å². The number of fused-ring (bicyclic) bond motifs is 10. The Labute approximate surface area is 259 Å². The third-order valence-electron chi connectivity index (χ3n) is 9.56. The summed E-state index contributed by atoms with van der Waals surface area (Å²) in [6.07, 6.45) is 0. The summed E-state index contributed by atoms with van der Waals surface area (Å²) in [4.78, 5) is 5.32. The predicted molar refractivity (Wildman–Crippen MR) is 180 cm³/mol. The summed E-state index contributed by atoms with van der Waals surface area (Å²) < 4.78 is 4.46. The quantitative estimate of drug-likeness (QED) is 0.206. The first-order valence-corrected chi connectivity index (χ1v) is 15.0. The lowest BCUT2D eigenvalue weighted by molar-refractivity contribution is 0.666. The maximum Gasteiger partial charge on any atom is 0.140 e. The van der Waals surface area contributed by atoms with Crippen molar-refractivity contribution in [2.24, 2.45) is 0 Å². The van der Waals surface area contributed by atoms with Crippen molar-refractivity contribution in [1.82, 2.24) is 14.1 Å². The highest BCUT2D eigenvalue weighted by Crippen LogP contribution is 2.53. The van der Waals surface area contributed by atoms with Crippen molar-refractivity contribution in [1.29, 1.82) is 10.5 Å². The molecule has 0 saturated heterocycles. The molecular formula is C40H25N5. The molecule has 0 saturated carbocycles. The van der Waals surface area contributed by atoms with Gasteiger partial charge in [-0.15, -0.1) is 0 Å². The Hall–Kier alpha value is -6.17. The molecule has 45 heavy (non-hydrogen) atoms. The number of benzene rings is 5. The first-order chi connectivity index (χ1) is 22.0. The van der Waals surface area contributed by atoms with E-state index in [1.807, 2.05) is 48.5 Å². The molecule has 8 aromatic rings. The molecule has 5 nitrogen and oxygen atoms in total. The van der Waals surface area contributed by atoms with E-state index in [2.05, 4.69) is 102 Å². The van der Waals surface area contributed by atoms with Crippen molar-refractivity contribution in [3.63, 3.8) is 0 Å². The van der Waals surface area contributed by atoms with Gasteiger partial charge in [0.05, 0.1) is 45.3 Å². The van der Waals surface area contributed by atoms with Crippen LogP contribution in [0, 0.1) is 22.7 Å². The number of para-hydroxylation sites is 2. The highest BCUT2D eigenvalue weighted by molar-refractivity contribution is 6.14. The zero-order chi connectivity index (χ0) is 30.4. The summed E-state index contributed by atoms with van der Waals surface area (Å²) in [5.74, 6) is 1.64. The lowest BCUT2D eigenvalue weighted by atomic mass is 9.80. The van der Waals surface area contributed by atoms with Crippen LogP contribution in [-0.4, -0.2) is 14.1 Å². The van der Waals surface area contributed by atoms with Crippen LogP contribution in [0.5, 0.6) is 0 Å². The van der Waals surface area contributed by atoms with E-state index in [-0.39, 0.29) is 5.41 Å². The summed E-state index contributed by atoms with van der Waals surface area (Å²) in [6, 6.07) is 44.0. The van der Waals surface area contributed by atoms with Gasteiger partial charge in [-0.3, -0.25) is 9.13 Å². The zero-order valence-corrected chi connectivity index (χ0v) is 24.7. The van der Waals surface area contributed by atoms with Gasteiger partial charge >= 0.3 is 0 Å². The molecule has 210 valence electrons. The molecule has 3 aromatic heterocycles. The maximum absolute atomic E-state index is 9.65. The fraction of sp³-hybridized carbons (Fsp3) is 0.0750. The Morgan fingerprint density at radius 1 is 0.556 bits per heavy atom. The summed E-state index contributed by atoms with van der Waals surface area (Å²) in [7, 11) is 0. The topological polar surface area (TPSA) is 70.3 Å². The summed E-state index contributed by atoms with van der Waals surface area (Å²) in [5, 5.41) is 23.8. The molecule has 0 aliphatic heterocycles. The van der Waals surface area contributed by atoms with Crippen LogP contribution in [0.2, 0.25) is 0 Å². The number of nitrogens with zero attached hydrogens (tertiary/aromatic N) is 5. The summed E-state index contributed by atoms with van der Waals surface area (Å²) >= 11 is 0. The van der Waals surface area contributed by atoms with E-state index in [9.17, 15) is 10.5 Å². The molecule has 0 bridgehead atoms. The Kier molecular flexibility index (Phi) is 5.03. The van der Waals surface area contributed by atoms with Gasteiger partial charge in [0.15, 0.2) is 0 Å². The molecule has 5 aromatic carbocycles. The molecule has 0 amide bonds. The number of aromatic nitrogens is 3. The van der Waals surface area contributed by atoms with Gasteiger partial charge in [-0.05, 0) is 82.9 Å². The number of pyridine rings is 1. The van der Waals surface area contributed by atoms with Gasteiger partial charge in [-0.1, -0.05) is 68.4 Å². The fourth-order valence-corrected chi connectivity index (χ4v) is 7.65. The van der Waals surface area contributed by atoms with Crippen molar-refractivity contribution in [3.05, 3.63) is 138 Å². The third kappa shape index (κ3) is 3.33. The van der Waals surface area contributed by atoms with Crippen LogP contribution in [-0.2, 0) is 5.41 Å². The lowest BCUT2D eigenvalue weighted by Gasteiger charge is -2.22. The van der Waals surface area contributed by atoms with E-state index in [4.69, 9.17) is 4.98 Å². The number of hydrogen-bond donors (Lipinski definition) is 0. The third-order valence-corrected chi connectivity index (χ3v) is 9.56. The molecule has 0 fully saturated rings. The smallest absolute Gasteiger partial charge is 0.140 e. The zero-order valence-electron chi connectivity index (χ0n) is 24.7. The minimum atomic E-state index is -0.242. The van der Waals surface area contributed by atoms with Gasteiger partial charge in [-0.2, -0.15) is 10.5 Å². The Morgan fingerprint density at radius 2 is 1.16 bits per heavy atom. The van der Waals surface area contributed by atoms with Crippen LogP contribution < -0.4 is 0 Å². The molecule has 3 heterocycles. The molecule has 5 heteroatoms. The fourth-order valence-electron chi connectivity index (χ4n) is 7.65. The first kappa shape index (κ1) is 25.3. The van der Waals surface area contributed by atoms with E-state index in [0.29, 0.717) is 11.1 Å². The van der Waals surface area contributed by atoms with Crippen molar-refractivity contribution in [2.45, 2.75) is 19.3 Å². The maximum atomic E-state index is 9.65. The number of rotatable bonds is 2. The van der Waals surface area contributed by atoms with Gasteiger partial charge in [0.25, 0.3) is 0 Å². The molecule has 0 atom stereocenters. The van der Waals surface area contributed by atoms with E-state index < -0.39 is 0 Å². The Balaban J connectivity index is 1.33. The first-order valence-electron chi connectivity index (χ1n) is 15.0. The van der Waals surface area contributed by atoms with E-state index >= 15 is 0 Å². The molecule has 0 radical (unpaired) electrons. The second kappa shape index (κ2) is 8.92. The monoisotopic (exact) mass is 575 g/mol. The van der Waals surface area contributed by atoms with Crippen LogP contribution in [0.1, 0.15) is 36.1 Å². The SMILES string of the molecule is CC1(C)c2ccc(C#N)cc2-c2ccc3c(c21)c1ccccc1n3-c1cccc(-n2c3ccccc3c3cc(C#N)ccc32)n1. The number of nitriles is 2. The molecule has 9 rings (SSSR count). The molecular weight excluding hydrogens is 550 g/mol. The average molecular weight is 576 g/mol. The molecule has 1 aliphatic rings. The van der Waals surface area contributed by atoms with Crippen LogP contribution >= 0.6 is 0 Å². The summed E-state index contributed by atoms with van der Waals surface area (Å²) in [6.45, 7) is 4.57. The van der Waals surface area contributed by atoms with Crippen LogP contribution in [0.4, 0.5) is 0 Å². The Bertz CT molecular complexity index is 2650. The van der Waals surface area contributed by atoms with Crippen molar-refractivity contribution in [3.8, 4) is 34.9 Å². The minimum Gasteiger partial charge on any atom is -0.294 e. The normalized spacial score (nSPS) is 13.2. The van der Waals surface area contributed by atoms with Crippen LogP contribution in [0.15, 0.2) is 115 Å². The van der Waals surface area contributed by atoms with Crippen molar-refractivity contribution >= 4 is 43.6 Å². The average Bonchev–Trinajstić information content (AvgIpc) is 3.67. The summed E-state index contributed by atoms with van der Waals surface area (Å²) in [5.41, 5.74) is 10.2. The molecule has 0 unspecified atom stereocenters. The van der Waals surface area contributed by atoms with Gasteiger partial charge in [0.1, 0.15) is 11.6 Å². The van der Waals surface area contributed by atoms with Crippen LogP contribution in [0.25, 0.3) is 66.4 Å². The second-order valence-corrected chi connectivity index (χ2v) is 12.3. The molecule has 1 aliphatic carbocycles. The largest absolute Gasteiger partial charge is 0.294 e. The van der Waals surface area contributed by atoms with E-state index in [0.717, 1.165) is 50.0 Å². The van der Waals surface area contributed by atoms with Gasteiger partial charge < -0.3 is 0 Å². The second-order valence-electron chi connectivity index (χ2n) is 12.3. The Morgan fingerprint density at radius 3 is 1.91 bits per heavy atom. The standard InChI is InChI=1S/C40H25N5/c1-40(2)31-17-14-24(22-41)20-29(31)27-16-19-35-38(39(27)40)28-9-4-6-11-33(28)45(35)37-13-7-12-36(43-37)44-32-10-5-3-8-26(32)30-21-25(23-42)15-18-34(30)44/h3-21H,1-2H3. The van der Waals surface area contributed by atoms with Gasteiger partial charge in [0, 0.05) is 27.0 Å². The van der Waals surface area contributed by atoms with E-state index in [1.165, 1.54) is 27.5 Å². The van der Waals surface area contributed by atoms with Crippen LogP contribution in [0.3, 0.4) is 0 Å². The predicted octanol–water partition coefficient (Wildman–Crippen LogP) is 9.33. The van der Waals surface area contributed by atoms with E-state index in [1.54, 1.807) is 0 Å². The molecule has 0 N–H and O–H groups in total. The minimum absolute atomic E-state index is 0.242. The van der Waals surface area contributed by atoms with Crippen molar-refractivity contribution < 1.29 is 0 Å². The highest BCUT2D eigenvalue weighted by atomic mass is 15.1. The number of hydrogen-bond acceptors (Lipinski definition) is 3. The van der Waals surface area contributed by atoms with Crippen molar-refractivity contribution in [2.75, 3.05) is 0 Å². The lowest BCUT2D eigenvalue weighted by Crippen LogP contribution is -2.15.